The Morgan fingerprint density at radius 3 is 2.14 bits per heavy atom. The number of rotatable bonds is 6. The van der Waals surface area contributed by atoms with Gasteiger partial charge in [-0.15, -0.1) is 0 Å². The number of sulfone groups is 1. The molecule has 0 saturated heterocycles. The predicted octanol–water partition coefficient (Wildman–Crippen LogP) is 3.16. The van der Waals surface area contributed by atoms with Crippen LogP contribution in [0.2, 0.25) is 0 Å². The highest BCUT2D eigenvalue weighted by Gasteiger charge is 2.07. The second kappa shape index (κ2) is 6.76. The van der Waals surface area contributed by atoms with Crippen molar-refractivity contribution >= 4 is 15.5 Å². The van der Waals surface area contributed by atoms with Gasteiger partial charge < -0.3 is 4.90 Å². The molecule has 0 aromatic heterocycles. The van der Waals surface area contributed by atoms with Crippen molar-refractivity contribution in [2.75, 3.05) is 24.7 Å². The molecule has 0 heterocycles. The molecule has 2 aromatic rings. The molecular formula is C17H21NO2S. The molecule has 4 heteroatoms. The Bertz CT molecular complexity index is 664. The molecule has 2 rings (SSSR count). The second-order valence-electron chi connectivity index (χ2n) is 5.28. The number of hydrogen-bond acceptors (Lipinski definition) is 3. The maximum Gasteiger partial charge on any atom is 0.175 e. The lowest BCUT2D eigenvalue weighted by Crippen LogP contribution is -2.19. The Morgan fingerprint density at radius 2 is 1.57 bits per heavy atom. The zero-order chi connectivity index (χ0) is 15.3. The molecule has 0 atom stereocenters. The highest BCUT2D eigenvalue weighted by atomic mass is 32.2. The van der Waals surface area contributed by atoms with Gasteiger partial charge in [0.25, 0.3) is 0 Å². The summed E-state index contributed by atoms with van der Waals surface area (Å²) in [6.07, 6.45) is 3.34. The number of anilines is 1. The van der Waals surface area contributed by atoms with Gasteiger partial charge >= 0.3 is 0 Å². The Kier molecular flexibility index (Phi) is 5.02. The van der Waals surface area contributed by atoms with Gasteiger partial charge in [-0.05, 0) is 42.7 Å². The fourth-order valence-corrected chi connectivity index (χ4v) is 2.87. The third kappa shape index (κ3) is 4.60. The van der Waals surface area contributed by atoms with Crippen molar-refractivity contribution in [2.45, 2.75) is 17.7 Å². The number of hydrogen-bond donors (Lipinski definition) is 0. The highest BCUT2D eigenvalue weighted by Crippen LogP contribution is 2.17. The zero-order valence-corrected chi connectivity index (χ0v) is 13.3. The maximum atomic E-state index is 11.4. The van der Waals surface area contributed by atoms with Crippen molar-refractivity contribution < 1.29 is 8.42 Å². The Labute approximate surface area is 127 Å². The van der Waals surface area contributed by atoms with Gasteiger partial charge in [-0.1, -0.05) is 30.3 Å². The van der Waals surface area contributed by atoms with Gasteiger partial charge in [0.2, 0.25) is 0 Å². The van der Waals surface area contributed by atoms with E-state index in [1.165, 1.54) is 11.8 Å². The summed E-state index contributed by atoms with van der Waals surface area (Å²) in [7, 11) is -1.09. The standard InChI is InChI=1S/C17H21NO2S/c1-18(14-6-9-15-7-4-3-5-8-15)16-10-12-17(13-11-16)21(2,19)20/h3-5,7-8,10-13H,6,9,14H2,1-2H3. The summed E-state index contributed by atoms with van der Waals surface area (Å²) in [5, 5.41) is 0. The molecule has 112 valence electrons. The van der Waals surface area contributed by atoms with Crippen LogP contribution in [-0.4, -0.2) is 28.3 Å². The topological polar surface area (TPSA) is 37.4 Å². The summed E-state index contributed by atoms with van der Waals surface area (Å²) in [5.41, 5.74) is 2.38. The summed E-state index contributed by atoms with van der Waals surface area (Å²) < 4.78 is 22.9. The lowest BCUT2D eigenvalue weighted by molar-refractivity contribution is 0.602. The average molecular weight is 303 g/mol. The van der Waals surface area contributed by atoms with Gasteiger partial charge in [0.05, 0.1) is 4.90 Å². The number of benzene rings is 2. The van der Waals surface area contributed by atoms with Crippen LogP contribution in [0.15, 0.2) is 59.5 Å². The lowest BCUT2D eigenvalue weighted by atomic mass is 10.1. The summed E-state index contributed by atoms with van der Waals surface area (Å²) in [5.74, 6) is 0. The monoisotopic (exact) mass is 303 g/mol. The fourth-order valence-electron chi connectivity index (χ4n) is 2.24. The third-order valence-corrected chi connectivity index (χ3v) is 4.64. The van der Waals surface area contributed by atoms with E-state index in [1.807, 2.05) is 25.2 Å². The minimum Gasteiger partial charge on any atom is -0.375 e. The molecule has 0 unspecified atom stereocenters. The van der Waals surface area contributed by atoms with Gasteiger partial charge in [0, 0.05) is 25.5 Å². The largest absolute Gasteiger partial charge is 0.375 e. The van der Waals surface area contributed by atoms with Crippen LogP contribution in [0.3, 0.4) is 0 Å². The molecule has 0 aliphatic carbocycles. The fraction of sp³-hybridized carbons (Fsp3) is 0.294. The van der Waals surface area contributed by atoms with E-state index in [0.29, 0.717) is 4.90 Å². The van der Waals surface area contributed by atoms with E-state index in [2.05, 4.69) is 29.2 Å². The molecule has 0 saturated carbocycles. The van der Waals surface area contributed by atoms with E-state index in [-0.39, 0.29) is 0 Å². The first-order valence-electron chi connectivity index (χ1n) is 7.02. The van der Waals surface area contributed by atoms with Crippen molar-refractivity contribution in [1.29, 1.82) is 0 Å². The smallest absolute Gasteiger partial charge is 0.175 e. The van der Waals surface area contributed by atoms with E-state index < -0.39 is 9.84 Å². The quantitative estimate of drug-likeness (QED) is 0.822. The van der Waals surface area contributed by atoms with E-state index in [1.54, 1.807) is 12.1 Å². The number of nitrogens with zero attached hydrogens (tertiary/aromatic N) is 1. The van der Waals surface area contributed by atoms with Crippen LogP contribution >= 0.6 is 0 Å². The molecule has 21 heavy (non-hydrogen) atoms. The minimum absolute atomic E-state index is 0.365. The normalized spacial score (nSPS) is 11.3. The molecule has 0 aliphatic rings. The van der Waals surface area contributed by atoms with Crippen LogP contribution in [0.25, 0.3) is 0 Å². The highest BCUT2D eigenvalue weighted by molar-refractivity contribution is 7.90. The number of aryl methyl sites for hydroxylation is 1. The van der Waals surface area contributed by atoms with Crippen LogP contribution in [-0.2, 0) is 16.3 Å². The summed E-state index contributed by atoms with van der Waals surface area (Å²) in [6, 6.07) is 17.5. The van der Waals surface area contributed by atoms with Gasteiger partial charge in [-0.3, -0.25) is 0 Å². The maximum absolute atomic E-state index is 11.4. The average Bonchev–Trinajstić information content (AvgIpc) is 2.47. The van der Waals surface area contributed by atoms with E-state index >= 15 is 0 Å². The van der Waals surface area contributed by atoms with Crippen LogP contribution in [0.5, 0.6) is 0 Å². The van der Waals surface area contributed by atoms with Crippen molar-refractivity contribution in [1.82, 2.24) is 0 Å². The van der Waals surface area contributed by atoms with Crippen molar-refractivity contribution in [3.8, 4) is 0 Å². The van der Waals surface area contributed by atoms with Crippen molar-refractivity contribution in [3.05, 3.63) is 60.2 Å². The molecule has 0 spiro atoms. The molecule has 2 aromatic carbocycles. The molecular weight excluding hydrogens is 282 g/mol. The third-order valence-electron chi connectivity index (χ3n) is 3.51. The van der Waals surface area contributed by atoms with Crippen LogP contribution < -0.4 is 4.90 Å². The first-order chi connectivity index (χ1) is 9.97. The minimum atomic E-state index is -3.12. The summed E-state index contributed by atoms with van der Waals surface area (Å²) in [6.45, 7) is 0.938. The van der Waals surface area contributed by atoms with Crippen LogP contribution in [0, 0.1) is 0 Å². The molecule has 0 amide bonds. The van der Waals surface area contributed by atoms with E-state index in [0.717, 1.165) is 25.1 Å². The Morgan fingerprint density at radius 1 is 0.952 bits per heavy atom. The predicted molar refractivity (Wildman–Crippen MR) is 87.6 cm³/mol. The Balaban J connectivity index is 1.90. The van der Waals surface area contributed by atoms with Gasteiger partial charge in [-0.2, -0.15) is 0 Å². The SMILES string of the molecule is CN(CCCc1ccccc1)c1ccc(S(C)(=O)=O)cc1. The van der Waals surface area contributed by atoms with Crippen LogP contribution in [0.4, 0.5) is 5.69 Å². The first kappa shape index (κ1) is 15.6. The lowest BCUT2D eigenvalue weighted by Gasteiger charge is -2.19. The molecule has 0 N–H and O–H groups in total. The van der Waals surface area contributed by atoms with Crippen molar-refractivity contribution in [2.24, 2.45) is 0 Å². The zero-order valence-electron chi connectivity index (χ0n) is 12.5. The van der Waals surface area contributed by atoms with E-state index in [9.17, 15) is 8.42 Å². The van der Waals surface area contributed by atoms with Gasteiger partial charge in [-0.25, -0.2) is 8.42 Å². The molecule has 0 radical (unpaired) electrons. The van der Waals surface area contributed by atoms with Crippen molar-refractivity contribution in [3.63, 3.8) is 0 Å². The summed E-state index contributed by atoms with van der Waals surface area (Å²) in [4.78, 5) is 2.51. The molecule has 0 bridgehead atoms. The molecule has 0 aliphatic heterocycles. The Hall–Kier alpha value is -1.81. The van der Waals surface area contributed by atoms with Crippen LogP contribution in [0.1, 0.15) is 12.0 Å². The molecule has 0 fully saturated rings. The van der Waals surface area contributed by atoms with Gasteiger partial charge in [0.1, 0.15) is 0 Å². The molecule has 3 nitrogen and oxygen atoms in total. The summed E-state index contributed by atoms with van der Waals surface area (Å²) >= 11 is 0. The van der Waals surface area contributed by atoms with E-state index in [4.69, 9.17) is 0 Å². The van der Waals surface area contributed by atoms with Gasteiger partial charge in [0.15, 0.2) is 9.84 Å². The second-order valence-corrected chi connectivity index (χ2v) is 7.29. The first-order valence-corrected chi connectivity index (χ1v) is 8.91.